The molecular weight excluding hydrogens is 270 g/mol. The van der Waals surface area contributed by atoms with Crippen molar-refractivity contribution >= 4 is 11.5 Å². The quantitative estimate of drug-likeness (QED) is 0.868. The van der Waals surface area contributed by atoms with Gasteiger partial charge in [-0.2, -0.15) is 0 Å². The van der Waals surface area contributed by atoms with Crippen LogP contribution >= 0.6 is 0 Å². The summed E-state index contributed by atoms with van der Waals surface area (Å²) < 4.78 is 0. The maximum absolute atomic E-state index is 11.9. The van der Waals surface area contributed by atoms with E-state index >= 15 is 0 Å². The molecule has 1 fully saturated rings. The van der Waals surface area contributed by atoms with Crippen molar-refractivity contribution in [2.24, 2.45) is 5.92 Å². The van der Waals surface area contributed by atoms with Gasteiger partial charge in [-0.05, 0) is 43.4 Å². The summed E-state index contributed by atoms with van der Waals surface area (Å²) in [6.07, 6.45) is 3.58. The zero-order chi connectivity index (χ0) is 15.4. The Morgan fingerprint density at radius 3 is 2.45 bits per heavy atom. The van der Waals surface area contributed by atoms with Gasteiger partial charge in [0.2, 0.25) is 0 Å². The SMILES string of the molecule is Cc1ccc(N[C@@H](c2ccccc2)C2CCCC(=O)C2)cc1. The van der Waals surface area contributed by atoms with Crippen molar-refractivity contribution < 1.29 is 4.79 Å². The molecule has 2 aromatic rings. The second-order valence-electron chi connectivity index (χ2n) is 6.29. The second kappa shape index (κ2) is 6.78. The Bertz CT molecular complexity index is 618. The summed E-state index contributed by atoms with van der Waals surface area (Å²) in [6, 6.07) is 19.2. The van der Waals surface area contributed by atoms with Gasteiger partial charge in [-0.15, -0.1) is 0 Å². The molecule has 0 aliphatic heterocycles. The van der Waals surface area contributed by atoms with Crippen LogP contribution in [0.15, 0.2) is 54.6 Å². The Labute approximate surface area is 132 Å². The van der Waals surface area contributed by atoms with Gasteiger partial charge in [0.1, 0.15) is 5.78 Å². The molecule has 1 N–H and O–H groups in total. The van der Waals surface area contributed by atoms with Gasteiger partial charge in [0.25, 0.3) is 0 Å². The first kappa shape index (κ1) is 14.8. The third-order valence-corrected chi connectivity index (χ3v) is 4.52. The van der Waals surface area contributed by atoms with E-state index in [1.165, 1.54) is 11.1 Å². The minimum Gasteiger partial charge on any atom is -0.378 e. The van der Waals surface area contributed by atoms with E-state index in [1.54, 1.807) is 0 Å². The number of nitrogens with one attached hydrogen (secondary N) is 1. The van der Waals surface area contributed by atoms with Crippen LogP contribution < -0.4 is 5.32 Å². The van der Waals surface area contributed by atoms with E-state index in [1.807, 2.05) is 6.07 Å². The van der Waals surface area contributed by atoms with Crippen molar-refractivity contribution in [3.63, 3.8) is 0 Å². The predicted molar refractivity (Wildman–Crippen MR) is 90.9 cm³/mol. The van der Waals surface area contributed by atoms with E-state index in [4.69, 9.17) is 0 Å². The highest BCUT2D eigenvalue weighted by Crippen LogP contribution is 2.35. The highest BCUT2D eigenvalue weighted by atomic mass is 16.1. The number of rotatable bonds is 4. The van der Waals surface area contributed by atoms with Crippen LogP contribution in [0.2, 0.25) is 0 Å². The van der Waals surface area contributed by atoms with Gasteiger partial charge in [-0.3, -0.25) is 4.79 Å². The molecule has 2 atom stereocenters. The Hall–Kier alpha value is -2.09. The number of hydrogen-bond donors (Lipinski definition) is 1. The minimum absolute atomic E-state index is 0.202. The van der Waals surface area contributed by atoms with Crippen molar-refractivity contribution in [2.45, 2.75) is 38.6 Å². The topological polar surface area (TPSA) is 29.1 Å². The lowest BCUT2D eigenvalue weighted by molar-refractivity contribution is -0.121. The minimum atomic E-state index is 0.202. The molecule has 2 aromatic carbocycles. The maximum Gasteiger partial charge on any atom is 0.133 e. The molecule has 0 spiro atoms. The van der Waals surface area contributed by atoms with Crippen molar-refractivity contribution in [1.29, 1.82) is 0 Å². The van der Waals surface area contributed by atoms with Crippen molar-refractivity contribution in [3.05, 3.63) is 65.7 Å². The molecule has 2 heteroatoms. The molecule has 0 heterocycles. The standard InChI is InChI=1S/C20H23NO/c1-15-10-12-18(13-11-15)21-20(16-6-3-2-4-7-16)17-8-5-9-19(22)14-17/h2-4,6-7,10-13,17,20-21H,5,8-9,14H2,1H3/t17?,20-/m0/s1. The molecule has 1 saturated carbocycles. The smallest absolute Gasteiger partial charge is 0.133 e. The maximum atomic E-state index is 11.9. The highest BCUT2D eigenvalue weighted by Gasteiger charge is 2.28. The molecule has 0 radical (unpaired) electrons. The van der Waals surface area contributed by atoms with Gasteiger partial charge in [0.05, 0.1) is 6.04 Å². The largest absolute Gasteiger partial charge is 0.378 e. The number of ketones is 1. The fourth-order valence-electron chi connectivity index (χ4n) is 3.31. The molecule has 0 bridgehead atoms. The number of Topliss-reactive ketones (excluding diaryl/α,β-unsaturated/α-hetero) is 1. The van der Waals surface area contributed by atoms with Crippen LogP contribution in [0.3, 0.4) is 0 Å². The molecule has 2 nitrogen and oxygen atoms in total. The molecule has 114 valence electrons. The third kappa shape index (κ3) is 3.56. The van der Waals surface area contributed by atoms with Gasteiger partial charge in [-0.1, -0.05) is 48.0 Å². The molecule has 0 aromatic heterocycles. The molecule has 1 aliphatic carbocycles. The van der Waals surface area contributed by atoms with E-state index < -0.39 is 0 Å². The van der Waals surface area contributed by atoms with Crippen LogP contribution in [0.4, 0.5) is 5.69 Å². The molecule has 22 heavy (non-hydrogen) atoms. The van der Waals surface area contributed by atoms with Crippen molar-refractivity contribution in [2.75, 3.05) is 5.32 Å². The van der Waals surface area contributed by atoms with Gasteiger partial charge < -0.3 is 5.32 Å². The first-order valence-electron chi connectivity index (χ1n) is 8.12. The summed E-state index contributed by atoms with van der Waals surface area (Å²) >= 11 is 0. The van der Waals surface area contributed by atoms with Crippen LogP contribution in [0, 0.1) is 12.8 Å². The van der Waals surface area contributed by atoms with E-state index in [-0.39, 0.29) is 6.04 Å². The first-order valence-corrected chi connectivity index (χ1v) is 8.12. The number of carbonyl (C=O) groups is 1. The van der Waals surface area contributed by atoms with Crippen LogP contribution in [-0.2, 0) is 4.79 Å². The Balaban J connectivity index is 1.85. The monoisotopic (exact) mass is 293 g/mol. The summed E-state index contributed by atoms with van der Waals surface area (Å²) in [5, 5.41) is 3.66. The van der Waals surface area contributed by atoms with Crippen molar-refractivity contribution in [1.82, 2.24) is 0 Å². The normalized spacial score (nSPS) is 19.7. The zero-order valence-corrected chi connectivity index (χ0v) is 13.1. The molecular formula is C20H23NO. The second-order valence-corrected chi connectivity index (χ2v) is 6.29. The zero-order valence-electron chi connectivity index (χ0n) is 13.1. The predicted octanol–water partition coefficient (Wildman–Crippen LogP) is 4.91. The summed E-state index contributed by atoms with van der Waals surface area (Å²) in [5.74, 6) is 0.785. The lowest BCUT2D eigenvalue weighted by Gasteiger charge is -2.31. The average molecular weight is 293 g/mol. The van der Waals surface area contributed by atoms with Gasteiger partial charge in [0, 0.05) is 18.5 Å². The number of aryl methyl sites for hydroxylation is 1. The average Bonchev–Trinajstić information content (AvgIpc) is 2.55. The first-order chi connectivity index (χ1) is 10.7. The van der Waals surface area contributed by atoms with Gasteiger partial charge in [-0.25, -0.2) is 0 Å². The molecule has 1 unspecified atom stereocenters. The lowest BCUT2D eigenvalue weighted by Crippen LogP contribution is -2.26. The number of hydrogen-bond acceptors (Lipinski definition) is 2. The fourth-order valence-corrected chi connectivity index (χ4v) is 3.31. The molecule has 1 aliphatic rings. The summed E-state index contributed by atoms with van der Waals surface area (Å²) in [4.78, 5) is 11.9. The Morgan fingerprint density at radius 2 is 1.77 bits per heavy atom. The van der Waals surface area contributed by atoms with E-state index in [0.29, 0.717) is 18.1 Å². The summed E-state index contributed by atoms with van der Waals surface area (Å²) in [7, 11) is 0. The third-order valence-electron chi connectivity index (χ3n) is 4.52. The number of benzene rings is 2. The summed E-state index contributed by atoms with van der Waals surface area (Å²) in [6.45, 7) is 2.10. The van der Waals surface area contributed by atoms with Crippen LogP contribution in [0.25, 0.3) is 0 Å². The van der Waals surface area contributed by atoms with Crippen LogP contribution in [0.1, 0.15) is 42.9 Å². The Morgan fingerprint density at radius 1 is 1.05 bits per heavy atom. The highest BCUT2D eigenvalue weighted by molar-refractivity contribution is 5.79. The van der Waals surface area contributed by atoms with Crippen LogP contribution in [0.5, 0.6) is 0 Å². The molecule has 0 amide bonds. The lowest BCUT2D eigenvalue weighted by atomic mass is 9.80. The van der Waals surface area contributed by atoms with E-state index in [0.717, 1.165) is 24.9 Å². The van der Waals surface area contributed by atoms with Crippen LogP contribution in [-0.4, -0.2) is 5.78 Å². The number of anilines is 1. The fraction of sp³-hybridized carbons (Fsp3) is 0.350. The molecule has 0 saturated heterocycles. The van der Waals surface area contributed by atoms with Crippen molar-refractivity contribution in [3.8, 4) is 0 Å². The summed E-state index contributed by atoms with van der Waals surface area (Å²) in [5.41, 5.74) is 3.65. The van der Waals surface area contributed by atoms with Gasteiger partial charge in [0.15, 0.2) is 0 Å². The molecule has 3 rings (SSSR count). The Kier molecular flexibility index (Phi) is 4.57. The van der Waals surface area contributed by atoms with Gasteiger partial charge >= 0.3 is 0 Å². The van der Waals surface area contributed by atoms with E-state index in [2.05, 4.69) is 60.8 Å². The van der Waals surface area contributed by atoms with E-state index in [9.17, 15) is 4.79 Å². The number of carbonyl (C=O) groups excluding carboxylic acids is 1.